The van der Waals surface area contributed by atoms with Crippen molar-refractivity contribution >= 4 is 49.9 Å². The lowest BCUT2D eigenvalue weighted by Gasteiger charge is -2.23. The maximum absolute atomic E-state index is 10.5. The number of hydrogen-bond acceptors (Lipinski definition) is 8. The van der Waals surface area contributed by atoms with Crippen molar-refractivity contribution in [1.29, 1.82) is 0 Å². The van der Waals surface area contributed by atoms with Crippen LogP contribution < -0.4 is 10.6 Å². The number of rotatable bonds is 4. The van der Waals surface area contributed by atoms with Crippen molar-refractivity contribution in [3.05, 3.63) is 30.6 Å². The van der Waals surface area contributed by atoms with Crippen LogP contribution >= 0.6 is 35.1 Å². The first-order valence-electron chi connectivity index (χ1n) is 8.83. The van der Waals surface area contributed by atoms with Gasteiger partial charge < -0.3 is 15.7 Å². The number of fused-ring (bicyclic) bond motifs is 1. The fraction of sp³-hybridized carbons (Fsp3) is 0.278. The molecule has 4 aromatic rings. The van der Waals surface area contributed by atoms with E-state index in [1.54, 1.807) is 29.8 Å². The maximum Gasteiger partial charge on any atom is 0.186 e. The Morgan fingerprint density at radius 2 is 1.89 bits per heavy atom. The molecule has 1 aromatic carbocycles. The molecule has 146 valence electrons. The molecular formula is C18H19ClN6OS2. The van der Waals surface area contributed by atoms with Crippen LogP contribution in [-0.4, -0.2) is 44.4 Å². The van der Waals surface area contributed by atoms with Gasteiger partial charge in [-0.15, -0.1) is 12.4 Å². The van der Waals surface area contributed by atoms with Gasteiger partial charge in [-0.1, -0.05) is 28.7 Å². The molecule has 4 heterocycles. The van der Waals surface area contributed by atoms with E-state index in [0.29, 0.717) is 6.04 Å². The average Bonchev–Trinajstić information content (AvgIpc) is 3.39. The van der Waals surface area contributed by atoms with Crippen molar-refractivity contribution in [2.45, 2.75) is 18.9 Å². The smallest absolute Gasteiger partial charge is 0.186 e. The Labute approximate surface area is 175 Å². The van der Waals surface area contributed by atoms with Gasteiger partial charge in [0.2, 0.25) is 0 Å². The van der Waals surface area contributed by atoms with Crippen LogP contribution in [0.2, 0.25) is 0 Å². The number of phenols is 1. The summed E-state index contributed by atoms with van der Waals surface area (Å²) >= 11 is 3.08. The summed E-state index contributed by atoms with van der Waals surface area (Å²) < 4.78 is 0. The van der Waals surface area contributed by atoms with Crippen LogP contribution in [0.15, 0.2) is 30.6 Å². The number of H-pyrrole nitrogens is 1. The highest BCUT2D eigenvalue weighted by atomic mass is 35.5. The minimum Gasteiger partial charge on any atom is -0.507 e. The molecule has 0 unspecified atom stereocenters. The highest BCUT2D eigenvalue weighted by Gasteiger charge is 2.18. The quantitative estimate of drug-likeness (QED) is 0.386. The van der Waals surface area contributed by atoms with Gasteiger partial charge in [-0.05, 0) is 43.6 Å². The van der Waals surface area contributed by atoms with Gasteiger partial charge in [0, 0.05) is 17.8 Å². The number of piperidine rings is 1. The van der Waals surface area contributed by atoms with Gasteiger partial charge in [-0.25, -0.2) is 9.97 Å². The summed E-state index contributed by atoms with van der Waals surface area (Å²) in [5.74, 6) is 0.211. The zero-order chi connectivity index (χ0) is 18.2. The Bertz CT molecular complexity index is 1040. The van der Waals surface area contributed by atoms with Crippen LogP contribution in [-0.2, 0) is 0 Å². The lowest BCUT2D eigenvalue weighted by molar-refractivity contribution is 0.477. The maximum atomic E-state index is 10.5. The molecule has 1 aliphatic rings. The van der Waals surface area contributed by atoms with Crippen molar-refractivity contribution in [2.75, 3.05) is 18.4 Å². The fourth-order valence-corrected chi connectivity index (χ4v) is 5.31. The normalized spacial score (nSPS) is 14.9. The SMILES string of the molecule is Cl.Oc1cc(-c2cn[nH]c2)ccc1-c1nc2sc(NC3CCNCC3)nc2s1. The van der Waals surface area contributed by atoms with Crippen molar-refractivity contribution in [1.82, 2.24) is 25.5 Å². The number of benzene rings is 1. The minimum atomic E-state index is 0. The highest BCUT2D eigenvalue weighted by molar-refractivity contribution is 7.29. The van der Waals surface area contributed by atoms with Gasteiger partial charge in [0.15, 0.2) is 14.8 Å². The van der Waals surface area contributed by atoms with Crippen molar-refractivity contribution in [3.63, 3.8) is 0 Å². The molecule has 0 radical (unpaired) electrons. The summed E-state index contributed by atoms with van der Waals surface area (Å²) in [6, 6.07) is 6.08. The van der Waals surface area contributed by atoms with E-state index in [4.69, 9.17) is 4.98 Å². The number of nitrogens with one attached hydrogen (secondary N) is 3. The molecule has 0 amide bonds. The molecule has 4 N–H and O–H groups in total. The van der Waals surface area contributed by atoms with E-state index in [0.717, 1.165) is 62.4 Å². The lowest BCUT2D eigenvalue weighted by Crippen LogP contribution is -2.35. The zero-order valence-electron chi connectivity index (χ0n) is 14.8. The van der Waals surface area contributed by atoms with Gasteiger partial charge in [0.05, 0.1) is 11.8 Å². The van der Waals surface area contributed by atoms with Gasteiger partial charge >= 0.3 is 0 Å². The standard InChI is InChI=1S/C18H18N6OS2.ClH/c25-14-7-10(11-8-20-21-9-11)1-2-13(14)15-23-16-17(26-15)24-18(27-16)22-12-3-5-19-6-4-12;/h1-2,7-9,12,19,25H,3-6H2,(H,20,21)(H,22,24);1H. The molecule has 3 aromatic heterocycles. The Kier molecular flexibility index (Phi) is 5.49. The number of phenolic OH excluding ortho intramolecular Hbond substituents is 1. The molecule has 7 nitrogen and oxygen atoms in total. The molecule has 0 aliphatic carbocycles. The second kappa shape index (κ2) is 8.04. The molecule has 0 spiro atoms. The van der Waals surface area contributed by atoms with Crippen molar-refractivity contribution < 1.29 is 5.11 Å². The molecule has 10 heteroatoms. The van der Waals surface area contributed by atoms with E-state index in [1.165, 1.54) is 11.3 Å². The summed E-state index contributed by atoms with van der Waals surface area (Å²) in [6.45, 7) is 2.10. The van der Waals surface area contributed by atoms with Gasteiger partial charge in [-0.2, -0.15) is 5.10 Å². The number of aromatic hydroxyl groups is 1. The second-order valence-electron chi connectivity index (χ2n) is 6.54. The summed E-state index contributed by atoms with van der Waals surface area (Å²) in [7, 11) is 0. The third-order valence-corrected chi connectivity index (χ3v) is 6.69. The van der Waals surface area contributed by atoms with Crippen LogP contribution in [0.5, 0.6) is 5.75 Å². The summed E-state index contributed by atoms with van der Waals surface area (Å²) in [6.07, 6.45) is 5.76. The number of anilines is 1. The van der Waals surface area contributed by atoms with Crippen LogP contribution in [0.25, 0.3) is 31.4 Å². The van der Waals surface area contributed by atoms with Gasteiger partial charge in [-0.3, -0.25) is 5.10 Å². The largest absolute Gasteiger partial charge is 0.507 e. The van der Waals surface area contributed by atoms with Gasteiger partial charge in [0.1, 0.15) is 10.8 Å². The number of aromatic nitrogens is 4. The van der Waals surface area contributed by atoms with Crippen molar-refractivity contribution in [2.24, 2.45) is 0 Å². The highest BCUT2D eigenvalue weighted by Crippen LogP contribution is 2.39. The summed E-state index contributed by atoms with van der Waals surface area (Å²) in [5.41, 5.74) is 2.58. The molecule has 0 saturated carbocycles. The Morgan fingerprint density at radius 3 is 2.61 bits per heavy atom. The Balaban J connectivity index is 0.00000192. The molecule has 0 bridgehead atoms. The van der Waals surface area contributed by atoms with Crippen molar-refractivity contribution in [3.8, 4) is 27.4 Å². The molecular weight excluding hydrogens is 416 g/mol. The molecule has 0 atom stereocenters. The van der Waals surface area contributed by atoms with Crippen LogP contribution in [0.4, 0.5) is 5.13 Å². The first kappa shape index (κ1) is 19.1. The van der Waals surface area contributed by atoms with Crippen LogP contribution in [0, 0.1) is 0 Å². The Hall–Kier alpha value is -2.20. The first-order chi connectivity index (χ1) is 13.3. The average molecular weight is 435 g/mol. The number of nitrogens with zero attached hydrogens (tertiary/aromatic N) is 3. The third-order valence-electron chi connectivity index (χ3n) is 4.70. The van der Waals surface area contributed by atoms with E-state index >= 15 is 0 Å². The Morgan fingerprint density at radius 1 is 1.07 bits per heavy atom. The summed E-state index contributed by atoms with van der Waals surface area (Å²) in [4.78, 5) is 11.2. The number of thiazole rings is 2. The van der Waals surface area contributed by atoms with E-state index < -0.39 is 0 Å². The third kappa shape index (κ3) is 3.70. The predicted octanol–water partition coefficient (Wildman–Crippen LogP) is 4.10. The minimum absolute atomic E-state index is 0. The van der Waals surface area contributed by atoms with Gasteiger partial charge in [0.25, 0.3) is 0 Å². The molecule has 5 rings (SSSR count). The number of halogens is 1. The van der Waals surface area contributed by atoms with E-state index in [1.807, 2.05) is 12.1 Å². The topological polar surface area (TPSA) is 98.8 Å². The zero-order valence-corrected chi connectivity index (χ0v) is 17.3. The molecule has 1 aliphatic heterocycles. The molecule has 1 saturated heterocycles. The van der Waals surface area contributed by atoms with E-state index in [9.17, 15) is 5.11 Å². The van der Waals surface area contributed by atoms with E-state index in [2.05, 4.69) is 25.8 Å². The predicted molar refractivity (Wildman–Crippen MR) is 117 cm³/mol. The van der Waals surface area contributed by atoms with Crippen LogP contribution in [0.1, 0.15) is 12.8 Å². The fourth-order valence-electron chi connectivity index (χ4n) is 3.26. The number of aromatic amines is 1. The molecule has 1 fully saturated rings. The lowest BCUT2D eigenvalue weighted by atomic mass is 10.1. The number of hydrogen-bond donors (Lipinski definition) is 4. The van der Waals surface area contributed by atoms with Crippen LogP contribution in [0.3, 0.4) is 0 Å². The monoisotopic (exact) mass is 434 g/mol. The molecule has 28 heavy (non-hydrogen) atoms. The van der Waals surface area contributed by atoms with E-state index in [-0.39, 0.29) is 18.2 Å². The second-order valence-corrected chi connectivity index (χ2v) is 8.49. The summed E-state index contributed by atoms with van der Waals surface area (Å²) in [5, 5.41) is 25.8. The first-order valence-corrected chi connectivity index (χ1v) is 10.5.